The molecule has 3 amide bonds. The first-order valence-electron chi connectivity index (χ1n) is 8.15. The fraction of sp³-hybridized carbons (Fsp3) is 0.412. The van der Waals surface area contributed by atoms with E-state index in [1.807, 2.05) is 6.07 Å². The van der Waals surface area contributed by atoms with Crippen LogP contribution in [0, 0.1) is 0 Å². The first-order valence-corrected chi connectivity index (χ1v) is 8.15. The monoisotopic (exact) mass is 365 g/mol. The van der Waals surface area contributed by atoms with Crippen LogP contribution < -0.4 is 16.0 Å². The van der Waals surface area contributed by atoms with Crippen molar-refractivity contribution in [2.45, 2.75) is 32.4 Å². The van der Waals surface area contributed by atoms with Crippen LogP contribution in [-0.2, 0) is 25.7 Å². The van der Waals surface area contributed by atoms with E-state index in [-0.39, 0.29) is 25.4 Å². The van der Waals surface area contributed by atoms with Gasteiger partial charge >= 0.3 is 12.1 Å². The van der Waals surface area contributed by atoms with E-state index in [1.54, 1.807) is 31.2 Å². The van der Waals surface area contributed by atoms with Gasteiger partial charge in [0.1, 0.15) is 19.2 Å². The van der Waals surface area contributed by atoms with Gasteiger partial charge in [0.05, 0.1) is 0 Å². The Morgan fingerprint density at radius 2 is 1.81 bits per heavy atom. The number of hydrogen-bond acceptors (Lipinski definition) is 5. The number of carbonyl (C=O) groups excluding carboxylic acids is 3. The van der Waals surface area contributed by atoms with E-state index in [1.165, 1.54) is 0 Å². The summed E-state index contributed by atoms with van der Waals surface area (Å²) in [4.78, 5) is 46.1. The first-order chi connectivity index (χ1) is 12.4. The minimum absolute atomic E-state index is 0.00202. The van der Waals surface area contributed by atoms with Gasteiger partial charge in [-0.3, -0.25) is 14.4 Å². The summed E-state index contributed by atoms with van der Waals surface area (Å²) in [5.74, 6) is -2.19. The molecule has 0 aliphatic carbocycles. The van der Waals surface area contributed by atoms with Crippen LogP contribution in [0.15, 0.2) is 30.3 Å². The fourth-order valence-electron chi connectivity index (χ4n) is 2.02. The Bertz CT molecular complexity index is 620. The Hall–Kier alpha value is -3.10. The van der Waals surface area contributed by atoms with Crippen molar-refractivity contribution in [2.75, 3.05) is 13.1 Å². The molecule has 1 rings (SSSR count). The molecule has 142 valence electrons. The van der Waals surface area contributed by atoms with Crippen molar-refractivity contribution in [3.63, 3.8) is 0 Å². The smallest absolute Gasteiger partial charge is 0.408 e. The molecule has 0 aliphatic heterocycles. The van der Waals surface area contributed by atoms with Crippen LogP contribution in [0.3, 0.4) is 0 Å². The maximum atomic E-state index is 12.1. The van der Waals surface area contributed by atoms with Crippen molar-refractivity contribution >= 4 is 23.9 Å². The van der Waals surface area contributed by atoms with Crippen molar-refractivity contribution in [2.24, 2.45) is 0 Å². The van der Waals surface area contributed by atoms with Gasteiger partial charge in [-0.15, -0.1) is 0 Å². The largest absolute Gasteiger partial charge is 0.480 e. The lowest BCUT2D eigenvalue weighted by Crippen LogP contribution is -2.48. The summed E-state index contributed by atoms with van der Waals surface area (Å²) in [6.45, 7) is 1.64. The number of nitrogens with one attached hydrogen (secondary N) is 3. The zero-order valence-corrected chi connectivity index (χ0v) is 14.5. The molecule has 1 aromatic rings. The number of hydrogen-bond donors (Lipinski definition) is 4. The molecule has 0 bridgehead atoms. The van der Waals surface area contributed by atoms with E-state index < -0.39 is 30.6 Å². The Balaban J connectivity index is 2.57. The quantitative estimate of drug-likeness (QED) is 0.474. The van der Waals surface area contributed by atoms with E-state index in [0.717, 1.165) is 5.56 Å². The van der Waals surface area contributed by atoms with E-state index in [2.05, 4.69) is 16.0 Å². The third-order valence-corrected chi connectivity index (χ3v) is 3.27. The Morgan fingerprint density at radius 3 is 2.42 bits per heavy atom. The number of ether oxygens (including phenoxy) is 1. The van der Waals surface area contributed by atoms with Crippen LogP contribution in [0.2, 0.25) is 0 Å². The Kier molecular flexibility index (Phi) is 9.23. The summed E-state index contributed by atoms with van der Waals surface area (Å²) in [5.41, 5.74) is 0.775. The number of carboxylic acid groups (broad SMARTS) is 1. The number of carboxylic acids is 1. The molecule has 0 saturated heterocycles. The second-order valence-corrected chi connectivity index (χ2v) is 5.36. The van der Waals surface area contributed by atoms with Crippen molar-refractivity contribution in [1.82, 2.24) is 16.0 Å². The molecule has 1 aromatic carbocycles. The molecule has 0 aromatic heterocycles. The van der Waals surface area contributed by atoms with Crippen LogP contribution in [0.5, 0.6) is 0 Å². The maximum absolute atomic E-state index is 12.1. The number of rotatable bonds is 10. The zero-order chi connectivity index (χ0) is 19.4. The maximum Gasteiger partial charge on any atom is 0.408 e. The van der Waals surface area contributed by atoms with Gasteiger partial charge < -0.3 is 25.8 Å². The van der Waals surface area contributed by atoms with E-state index in [0.29, 0.717) is 6.54 Å². The molecule has 0 saturated carbocycles. The summed E-state index contributed by atoms with van der Waals surface area (Å²) in [7, 11) is 0. The molecular weight excluding hydrogens is 342 g/mol. The van der Waals surface area contributed by atoms with Crippen LogP contribution in [0.1, 0.15) is 25.3 Å². The third kappa shape index (κ3) is 8.67. The highest BCUT2D eigenvalue weighted by Crippen LogP contribution is 2.03. The summed E-state index contributed by atoms with van der Waals surface area (Å²) >= 11 is 0. The summed E-state index contributed by atoms with van der Waals surface area (Å²) < 4.78 is 5.04. The van der Waals surface area contributed by atoms with Crippen molar-refractivity contribution < 1.29 is 29.0 Å². The van der Waals surface area contributed by atoms with Gasteiger partial charge in [0.2, 0.25) is 11.8 Å². The molecule has 1 unspecified atom stereocenters. The van der Waals surface area contributed by atoms with Gasteiger partial charge in [0.25, 0.3) is 0 Å². The molecule has 4 N–H and O–H groups in total. The molecular formula is C17H23N3O6. The molecule has 0 spiro atoms. The zero-order valence-electron chi connectivity index (χ0n) is 14.5. The summed E-state index contributed by atoms with van der Waals surface area (Å²) in [6, 6.07) is 7.89. The topological polar surface area (TPSA) is 134 Å². The second-order valence-electron chi connectivity index (χ2n) is 5.36. The third-order valence-electron chi connectivity index (χ3n) is 3.27. The lowest BCUT2D eigenvalue weighted by atomic mass is 10.1. The SMILES string of the molecule is CCNC(=O)CCC(NC(=O)OCc1ccccc1)C(=O)NCC(=O)O. The number of carbonyl (C=O) groups is 4. The lowest BCUT2D eigenvalue weighted by Gasteiger charge is -2.17. The molecule has 0 fully saturated rings. The van der Waals surface area contributed by atoms with Crippen LogP contribution in [-0.4, -0.2) is 48.1 Å². The Morgan fingerprint density at radius 1 is 1.12 bits per heavy atom. The highest BCUT2D eigenvalue weighted by Gasteiger charge is 2.22. The number of amides is 3. The predicted octanol–water partition coefficient (Wildman–Crippen LogP) is 0.398. The predicted molar refractivity (Wildman–Crippen MR) is 92.1 cm³/mol. The molecule has 9 nitrogen and oxygen atoms in total. The highest BCUT2D eigenvalue weighted by atomic mass is 16.5. The van der Waals surface area contributed by atoms with Gasteiger partial charge in [0, 0.05) is 13.0 Å². The van der Waals surface area contributed by atoms with Gasteiger partial charge in [-0.1, -0.05) is 30.3 Å². The number of benzene rings is 1. The molecule has 1 atom stereocenters. The van der Waals surface area contributed by atoms with Gasteiger partial charge in [-0.05, 0) is 18.9 Å². The molecule has 26 heavy (non-hydrogen) atoms. The highest BCUT2D eigenvalue weighted by molar-refractivity contribution is 5.88. The van der Waals surface area contributed by atoms with Crippen molar-refractivity contribution in [1.29, 1.82) is 0 Å². The minimum atomic E-state index is -1.22. The van der Waals surface area contributed by atoms with Crippen LogP contribution in [0.4, 0.5) is 4.79 Å². The second kappa shape index (κ2) is 11.5. The fourth-order valence-corrected chi connectivity index (χ4v) is 2.02. The number of alkyl carbamates (subject to hydrolysis) is 1. The molecule has 0 aliphatic rings. The molecule has 0 radical (unpaired) electrons. The molecule has 9 heteroatoms. The molecule has 0 heterocycles. The summed E-state index contributed by atoms with van der Waals surface area (Å²) in [5, 5.41) is 15.8. The van der Waals surface area contributed by atoms with E-state index in [4.69, 9.17) is 9.84 Å². The van der Waals surface area contributed by atoms with E-state index in [9.17, 15) is 19.2 Å². The average Bonchev–Trinajstić information content (AvgIpc) is 2.62. The van der Waals surface area contributed by atoms with Crippen LogP contribution >= 0.6 is 0 Å². The van der Waals surface area contributed by atoms with Gasteiger partial charge in [-0.25, -0.2) is 4.79 Å². The Labute approximate surface area is 151 Å². The van der Waals surface area contributed by atoms with Gasteiger partial charge in [-0.2, -0.15) is 0 Å². The average molecular weight is 365 g/mol. The van der Waals surface area contributed by atoms with Crippen molar-refractivity contribution in [3.05, 3.63) is 35.9 Å². The standard InChI is InChI=1S/C17H23N3O6/c1-2-18-14(21)9-8-13(16(24)19-10-15(22)23)20-17(25)26-11-12-6-4-3-5-7-12/h3-7,13H,2,8-11H2,1H3,(H,18,21)(H,19,24)(H,20,25)(H,22,23). The van der Waals surface area contributed by atoms with Crippen LogP contribution in [0.25, 0.3) is 0 Å². The van der Waals surface area contributed by atoms with Gasteiger partial charge in [0.15, 0.2) is 0 Å². The lowest BCUT2D eigenvalue weighted by molar-refractivity contribution is -0.138. The summed E-state index contributed by atoms with van der Waals surface area (Å²) in [6.07, 6.45) is -0.824. The normalized spacial score (nSPS) is 11.1. The van der Waals surface area contributed by atoms with Crippen molar-refractivity contribution in [3.8, 4) is 0 Å². The first kappa shape index (κ1) is 20.9. The minimum Gasteiger partial charge on any atom is -0.480 e. The number of aliphatic carboxylic acids is 1. The van der Waals surface area contributed by atoms with E-state index >= 15 is 0 Å².